The second-order valence-electron chi connectivity index (χ2n) is 4.00. The molecule has 0 amide bonds. The van der Waals surface area contributed by atoms with Gasteiger partial charge in [0.1, 0.15) is 0 Å². The molecule has 0 radical (unpaired) electrons. The highest BCUT2D eigenvalue weighted by atomic mass is 35.5. The van der Waals surface area contributed by atoms with Gasteiger partial charge in [0.05, 0.1) is 55.9 Å². The Bertz CT molecular complexity index is 360. The second-order valence-corrected chi connectivity index (χ2v) is 4.41. The van der Waals surface area contributed by atoms with Crippen molar-refractivity contribution in [2.45, 2.75) is 12.6 Å². The number of halogens is 1. The highest BCUT2D eigenvalue weighted by Crippen LogP contribution is 2.22. The Labute approximate surface area is 119 Å². The van der Waals surface area contributed by atoms with Crippen LogP contribution in [0.15, 0.2) is 6.20 Å². The van der Waals surface area contributed by atoms with E-state index in [1.54, 1.807) is 20.4 Å². The summed E-state index contributed by atoms with van der Waals surface area (Å²) in [7, 11) is 5.18. The number of nitrogens with zero attached hydrogens (tertiary/aromatic N) is 2. The highest BCUT2D eigenvalue weighted by Gasteiger charge is 2.19. The molecule has 1 N–H and O–H groups in total. The maximum Gasteiger partial charge on any atom is 0.0835 e. The lowest BCUT2D eigenvalue weighted by Crippen LogP contribution is -2.26. The minimum atomic E-state index is -0.0105. The topological polar surface area (TPSA) is 57.5 Å². The van der Waals surface area contributed by atoms with Crippen LogP contribution >= 0.6 is 11.6 Å². The van der Waals surface area contributed by atoms with Crippen LogP contribution in [0.25, 0.3) is 0 Å². The Kier molecular flexibility index (Phi) is 8.00. The summed E-state index contributed by atoms with van der Waals surface area (Å²) in [6, 6.07) is -0.0105. The van der Waals surface area contributed by atoms with E-state index in [4.69, 9.17) is 25.8 Å². The van der Waals surface area contributed by atoms with Crippen molar-refractivity contribution in [2.75, 3.05) is 47.7 Å². The maximum atomic E-state index is 6.19. The molecule has 1 atom stereocenters. The van der Waals surface area contributed by atoms with E-state index in [0.717, 1.165) is 5.69 Å². The fourth-order valence-corrected chi connectivity index (χ4v) is 1.99. The average Bonchev–Trinajstić information content (AvgIpc) is 2.78. The van der Waals surface area contributed by atoms with Crippen LogP contribution in [0.1, 0.15) is 11.7 Å². The van der Waals surface area contributed by atoms with Gasteiger partial charge in [-0.2, -0.15) is 5.10 Å². The number of rotatable bonds is 10. The summed E-state index contributed by atoms with van der Waals surface area (Å²) in [6.45, 7) is 2.89. The molecule has 0 saturated carbocycles. The molecule has 0 saturated heterocycles. The highest BCUT2D eigenvalue weighted by molar-refractivity contribution is 6.31. The minimum absolute atomic E-state index is 0.0105. The van der Waals surface area contributed by atoms with Crippen molar-refractivity contribution >= 4 is 11.6 Å². The maximum absolute atomic E-state index is 6.19. The Hall–Kier alpha value is -0.660. The van der Waals surface area contributed by atoms with Crippen LogP contribution in [0, 0.1) is 0 Å². The number of methoxy groups -OCH3 is 2. The standard InChI is InChI=1S/C12H22ClN3O3/c1-14-11(9-19-7-6-18-3)12-10(13)8-15-16(12)4-5-17-2/h8,11,14H,4-7,9H2,1-3H3. The molecule has 0 aliphatic heterocycles. The number of ether oxygens (including phenoxy) is 3. The monoisotopic (exact) mass is 291 g/mol. The summed E-state index contributed by atoms with van der Waals surface area (Å²) < 4.78 is 17.4. The van der Waals surface area contributed by atoms with Gasteiger partial charge in [0.15, 0.2) is 0 Å². The zero-order valence-corrected chi connectivity index (χ0v) is 12.4. The van der Waals surface area contributed by atoms with Crippen molar-refractivity contribution in [1.82, 2.24) is 15.1 Å². The van der Waals surface area contributed by atoms with Crippen molar-refractivity contribution in [3.05, 3.63) is 16.9 Å². The van der Waals surface area contributed by atoms with Crippen molar-refractivity contribution in [3.63, 3.8) is 0 Å². The molecule has 0 spiro atoms. The van der Waals surface area contributed by atoms with Crippen molar-refractivity contribution in [1.29, 1.82) is 0 Å². The molecule has 1 aromatic rings. The first kappa shape index (κ1) is 16.4. The van der Waals surface area contributed by atoms with E-state index in [0.29, 0.717) is 38.0 Å². The van der Waals surface area contributed by atoms with Crippen LogP contribution in [0.2, 0.25) is 5.02 Å². The van der Waals surface area contributed by atoms with Gasteiger partial charge in [0, 0.05) is 14.2 Å². The van der Waals surface area contributed by atoms with E-state index in [1.807, 2.05) is 11.7 Å². The van der Waals surface area contributed by atoms with Gasteiger partial charge >= 0.3 is 0 Å². The molecule has 1 heterocycles. The van der Waals surface area contributed by atoms with Gasteiger partial charge in [-0.1, -0.05) is 11.6 Å². The third-order valence-corrected chi connectivity index (χ3v) is 3.03. The molecule has 0 aliphatic rings. The SMILES string of the molecule is CNC(COCCOC)c1c(Cl)cnn1CCOC. The first-order valence-electron chi connectivity index (χ1n) is 6.18. The number of hydrogen-bond acceptors (Lipinski definition) is 5. The molecule has 1 unspecified atom stereocenters. The first-order chi connectivity index (χ1) is 9.24. The lowest BCUT2D eigenvalue weighted by molar-refractivity contribution is 0.0582. The fourth-order valence-electron chi connectivity index (χ4n) is 1.72. The molecule has 0 aliphatic carbocycles. The Balaban J connectivity index is 2.65. The van der Waals surface area contributed by atoms with Gasteiger partial charge in [-0.15, -0.1) is 0 Å². The minimum Gasteiger partial charge on any atom is -0.383 e. The molecule has 19 heavy (non-hydrogen) atoms. The van der Waals surface area contributed by atoms with E-state index < -0.39 is 0 Å². The Morgan fingerprint density at radius 3 is 2.68 bits per heavy atom. The summed E-state index contributed by atoms with van der Waals surface area (Å²) in [5, 5.41) is 8.07. The molecular weight excluding hydrogens is 270 g/mol. The van der Waals surface area contributed by atoms with Crippen molar-refractivity contribution < 1.29 is 14.2 Å². The molecule has 110 valence electrons. The summed E-state index contributed by atoms with van der Waals surface area (Å²) in [5.41, 5.74) is 0.915. The summed E-state index contributed by atoms with van der Waals surface area (Å²) in [5.74, 6) is 0. The van der Waals surface area contributed by atoms with Crippen LogP contribution in [-0.2, 0) is 20.8 Å². The second kappa shape index (κ2) is 9.28. The van der Waals surface area contributed by atoms with E-state index >= 15 is 0 Å². The number of likely N-dealkylation sites (N-methyl/N-ethyl adjacent to an activating group) is 1. The lowest BCUT2D eigenvalue weighted by atomic mass is 10.2. The molecule has 7 heteroatoms. The quantitative estimate of drug-likeness (QED) is 0.655. The van der Waals surface area contributed by atoms with Crippen LogP contribution in [0.3, 0.4) is 0 Å². The van der Waals surface area contributed by atoms with Gasteiger partial charge in [0.25, 0.3) is 0 Å². The van der Waals surface area contributed by atoms with E-state index in [1.165, 1.54) is 0 Å². The van der Waals surface area contributed by atoms with Gasteiger partial charge in [-0.25, -0.2) is 0 Å². The number of aromatic nitrogens is 2. The number of hydrogen-bond donors (Lipinski definition) is 1. The van der Waals surface area contributed by atoms with Crippen molar-refractivity contribution in [3.8, 4) is 0 Å². The molecule has 6 nitrogen and oxygen atoms in total. The van der Waals surface area contributed by atoms with Crippen LogP contribution < -0.4 is 5.32 Å². The predicted molar refractivity (Wildman–Crippen MR) is 73.6 cm³/mol. The predicted octanol–water partition coefficient (Wildman–Crippen LogP) is 1.11. The Morgan fingerprint density at radius 2 is 2.05 bits per heavy atom. The zero-order chi connectivity index (χ0) is 14.1. The largest absolute Gasteiger partial charge is 0.383 e. The van der Waals surface area contributed by atoms with Gasteiger partial charge < -0.3 is 19.5 Å². The average molecular weight is 292 g/mol. The third-order valence-electron chi connectivity index (χ3n) is 2.74. The first-order valence-corrected chi connectivity index (χ1v) is 6.56. The van der Waals surface area contributed by atoms with Gasteiger partial charge in [-0.3, -0.25) is 4.68 Å². The molecule has 0 aromatic carbocycles. The van der Waals surface area contributed by atoms with Crippen LogP contribution in [0.5, 0.6) is 0 Å². The Morgan fingerprint density at radius 1 is 1.32 bits per heavy atom. The summed E-state index contributed by atoms with van der Waals surface area (Å²) in [6.07, 6.45) is 1.64. The van der Waals surface area contributed by atoms with Crippen LogP contribution in [0.4, 0.5) is 0 Å². The molecule has 1 aromatic heterocycles. The van der Waals surface area contributed by atoms with E-state index in [-0.39, 0.29) is 6.04 Å². The van der Waals surface area contributed by atoms with Gasteiger partial charge in [-0.05, 0) is 7.05 Å². The normalized spacial score (nSPS) is 12.8. The van der Waals surface area contributed by atoms with Gasteiger partial charge in [0.2, 0.25) is 0 Å². The molecular formula is C12H22ClN3O3. The molecule has 0 fully saturated rings. The fraction of sp³-hybridized carbons (Fsp3) is 0.750. The van der Waals surface area contributed by atoms with Crippen LogP contribution in [-0.4, -0.2) is 57.5 Å². The summed E-state index contributed by atoms with van der Waals surface area (Å²) in [4.78, 5) is 0. The third kappa shape index (κ3) is 5.08. The number of nitrogens with one attached hydrogen (secondary N) is 1. The zero-order valence-electron chi connectivity index (χ0n) is 11.7. The molecule has 0 bridgehead atoms. The summed E-state index contributed by atoms with van der Waals surface area (Å²) >= 11 is 6.19. The van der Waals surface area contributed by atoms with E-state index in [9.17, 15) is 0 Å². The molecule has 1 rings (SSSR count). The lowest BCUT2D eigenvalue weighted by Gasteiger charge is -2.18. The van der Waals surface area contributed by atoms with E-state index in [2.05, 4.69) is 10.4 Å². The van der Waals surface area contributed by atoms with Crippen molar-refractivity contribution in [2.24, 2.45) is 0 Å². The smallest absolute Gasteiger partial charge is 0.0835 e.